The zero-order chi connectivity index (χ0) is 31.5. The van der Waals surface area contributed by atoms with Crippen molar-refractivity contribution < 1.29 is 14.4 Å². The second kappa shape index (κ2) is 15.5. The number of nitrogens with zero attached hydrogens (tertiary/aromatic N) is 5. The van der Waals surface area contributed by atoms with Crippen molar-refractivity contribution in [3.05, 3.63) is 92.1 Å². The molecule has 1 saturated carbocycles. The van der Waals surface area contributed by atoms with Crippen LogP contribution in [0.4, 0.5) is 0 Å². The molecule has 0 saturated heterocycles. The Morgan fingerprint density at radius 2 is 1.76 bits per heavy atom. The molecule has 11 nitrogen and oxygen atoms in total. The van der Waals surface area contributed by atoms with E-state index in [0.717, 1.165) is 65.6 Å². The van der Waals surface area contributed by atoms with E-state index in [0.29, 0.717) is 43.3 Å². The van der Waals surface area contributed by atoms with Gasteiger partial charge in [0.25, 0.3) is 5.56 Å². The molecule has 0 aliphatic heterocycles. The zero-order valence-electron chi connectivity index (χ0n) is 26.0. The van der Waals surface area contributed by atoms with Crippen molar-refractivity contribution in [3.8, 4) is 22.5 Å². The number of aromatic amines is 1. The van der Waals surface area contributed by atoms with E-state index in [2.05, 4.69) is 17.1 Å². The number of hydrogen-bond donors (Lipinski definition) is 2. The molecule has 0 amide bonds. The van der Waals surface area contributed by atoms with Crippen LogP contribution >= 0.6 is 0 Å². The number of nitrogens with one attached hydrogen (secondary N) is 1. The zero-order valence-corrected chi connectivity index (χ0v) is 26.0. The van der Waals surface area contributed by atoms with Gasteiger partial charge in [0.15, 0.2) is 5.82 Å². The Morgan fingerprint density at radius 3 is 2.41 bits per heavy atom. The fraction of sp³-hybridized carbons (Fsp3) is 0.441. The van der Waals surface area contributed by atoms with E-state index < -0.39 is 11.9 Å². The second-order valence-electron chi connectivity index (χ2n) is 11.9. The van der Waals surface area contributed by atoms with Gasteiger partial charge in [-0.2, -0.15) is 10.1 Å². The summed E-state index contributed by atoms with van der Waals surface area (Å²) >= 11 is 0. The third-order valence-electron chi connectivity index (χ3n) is 8.75. The van der Waals surface area contributed by atoms with E-state index in [4.69, 9.17) is 19.3 Å². The maximum absolute atomic E-state index is 14.4. The van der Waals surface area contributed by atoms with Gasteiger partial charge < -0.3 is 9.84 Å². The number of aromatic nitrogens is 6. The van der Waals surface area contributed by atoms with E-state index in [-0.39, 0.29) is 69.1 Å². The maximum atomic E-state index is 14.4. The van der Waals surface area contributed by atoms with Crippen molar-refractivity contribution in [2.24, 2.45) is 0 Å². The summed E-state index contributed by atoms with van der Waals surface area (Å²) in [5.74, 6) is 1.02. The average molecular weight is 653 g/mol. The first-order valence-corrected chi connectivity index (χ1v) is 15.9. The molecule has 46 heavy (non-hydrogen) atoms. The van der Waals surface area contributed by atoms with Crippen LogP contribution in [-0.2, 0) is 17.6 Å². The molecule has 0 spiro atoms. The number of fused-ring (bicyclic) bond motifs is 1. The normalized spacial score (nSPS) is 17.2. The summed E-state index contributed by atoms with van der Waals surface area (Å²) in [4.78, 5) is 33.3. The number of H-pyrrole nitrogens is 1. The number of hydrogen-bond acceptors (Lipinski definition) is 8. The summed E-state index contributed by atoms with van der Waals surface area (Å²) in [6, 6.07) is 15.8. The first kappa shape index (κ1) is 34.6. The van der Waals surface area contributed by atoms with Crippen LogP contribution in [0.15, 0.2) is 62.6 Å². The van der Waals surface area contributed by atoms with Gasteiger partial charge in [-0.1, -0.05) is 74.0 Å². The first-order chi connectivity index (χ1) is 21.9. The molecule has 1 atom stereocenters. The molecule has 2 N–H and O–H groups in total. The van der Waals surface area contributed by atoms with E-state index >= 15 is 0 Å². The van der Waals surface area contributed by atoms with Crippen LogP contribution in [0, 0.1) is 6.92 Å². The molecule has 0 radical (unpaired) electrons. The van der Waals surface area contributed by atoms with Gasteiger partial charge in [-0.3, -0.25) is 18.9 Å². The summed E-state index contributed by atoms with van der Waals surface area (Å²) in [5, 5.41) is 18.5. The van der Waals surface area contributed by atoms with Crippen LogP contribution in [-0.4, -0.2) is 105 Å². The molecular formula is C34H41KN6O5. The summed E-state index contributed by atoms with van der Waals surface area (Å²) in [6.07, 6.45) is 5.60. The molecule has 1 fully saturated rings. The quantitative estimate of drug-likeness (QED) is 0.201. The van der Waals surface area contributed by atoms with E-state index in [9.17, 15) is 14.7 Å². The van der Waals surface area contributed by atoms with Gasteiger partial charge in [0.1, 0.15) is 5.82 Å². The predicted octanol–water partition coefficient (Wildman–Crippen LogP) is 4.38. The molecule has 0 bridgehead atoms. The Bertz CT molecular complexity index is 1880. The summed E-state index contributed by atoms with van der Waals surface area (Å²) in [6.45, 7) is 6.27. The summed E-state index contributed by atoms with van der Waals surface area (Å²) in [5.41, 5.74) is 5.28. The minimum absolute atomic E-state index is 0. The van der Waals surface area contributed by atoms with Crippen LogP contribution in [0.2, 0.25) is 0 Å². The van der Waals surface area contributed by atoms with Crippen molar-refractivity contribution in [1.82, 2.24) is 29.3 Å². The number of ether oxygens (including phenoxy) is 1. The fourth-order valence-electron chi connectivity index (χ4n) is 6.36. The molecule has 2 aromatic carbocycles. The Hall–Kier alpha value is -2.71. The average Bonchev–Trinajstić information content (AvgIpc) is 3.67. The van der Waals surface area contributed by atoms with Gasteiger partial charge in [0.05, 0.1) is 24.5 Å². The molecule has 3 heterocycles. The summed E-state index contributed by atoms with van der Waals surface area (Å²) in [7, 11) is 0. The van der Waals surface area contributed by atoms with Crippen molar-refractivity contribution in [2.75, 3.05) is 6.61 Å². The van der Waals surface area contributed by atoms with Crippen molar-refractivity contribution in [1.29, 1.82) is 0 Å². The standard InChI is InChI=1S/C34H40N6O5.K.H/c1-4-8-30-29(19-22-11-13-23(14-12-22)27-9-6-7-10-28(27)31-36-34(43)45-38-31)32(42)39(33-35-21(3)37-40(30)33)24-15-17-26(18-16-24)44-20-25(41)5-2;;/h6-7,9-14,24-26,41H,4-5,8,15-20H2,1-3H3,(H,36,38,43);;/t24-,25?,26-;;. The molecular weight excluding hydrogens is 612 g/mol. The van der Waals surface area contributed by atoms with Crippen molar-refractivity contribution >= 4 is 57.2 Å². The molecule has 3 aromatic heterocycles. The fourth-order valence-corrected chi connectivity index (χ4v) is 6.36. The number of aliphatic hydroxyl groups excluding tert-OH is 1. The van der Waals surface area contributed by atoms with Gasteiger partial charge in [-0.15, -0.1) is 0 Å². The first-order valence-electron chi connectivity index (χ1n) is 15.9. The van der Waals surface area contributed by atoms with E-state index in [1.807, 2.05) is 71.5 Å². The number of aryl methyl sites for hydroxylation is 2. The van der Waals surface area contributed by atoms with Gasteiger partial charge >= 0.3 is 57.1 Å². The molecule has 1 aliphatic carbocycles. The Labute approximate surface area is 309 Å². The van der Waals surface area contributed by atoms with Crippen LogP contribution in [0.1, 0.15) is 81.1 Å². The van der Waals surface area contributed by atoms with Crippen LogP contribution in [0.5, 0.6) is 0 Å². The molecule has 1 aliphatic rings. The van der Waals surface area contributed by atoms with Crippen LogP contribution in [0.25, 0.3) is 28.3 Å². The van der Waals surface area contributed by atoms with Gasteiger partial charge in [-0.25, -0.2) is 9.31 Å². The molecule has 12 heteroatoms. The van der Waals surface area contributed by atoms with Crippen molar-refractivity contribution in [3.63, 3.8) is 0 Å². The topological polar surface area (TPSA) is 141 Å². The van der Waals surface area contributed by atoms with E-state index in [1.165, 1.54) is 0 Å². The predicted molar refractivity (Wildman–Crippen MR) is 177 cm³/mol. The molecule has 238 valence electrons. The third kappa shape index (κ3) is 7.38. The number of benzene rings is 2. The monoisotopic (exact) mass is 652 g/mol. The van der Waals surface area contributed by atoms with Gasteiger partial charge in [0, 0.05) is 23.6 Å². The SMILES string of the molecule is CCCc1c(Cc2ccc(-c3ccccc3-c3noc(=O)[nH]3)cc2)c(=O)n([C@H]2CC[C@H](OCC(O)CC)CC2)c2nc(C)nn12.[KH]. The van der Waals surface area contributed by atoms with Gasteiger partial charge in [0.2, 0.25) is 5.78 Å². The summed E-state index contributed by atoms with van der Waals surface area (Å²) < 4.78 is 14.5. The molecule has 6 rings (SSSR count). The molecule has 1 unspecified atom stereocenters. The van der Waals surface area contributed by atoms with Crippen LogP contribution in [0.3, 0.4) is 0 Å². The van der Waals surface area contributed by atoms with E-state index in [1.54, 1.807) is 0 Å². The Balaban J connectivity index is 0.00000417. The number of rotatable bonds is 11. The second-order valence-corrected chi connectivity index (χ2v) is 11.9. The minimum atomic E-state index is -0.601. The Morgan fingerprint density at radius 1 is 1.04 bits per heavy atom. The Kier molecular flexibility index (Phi) is 11.6. The van der Waals surface area contributed by atoms with Gasteiger partial charge in [-0.05, 0) is 62.1 Å². The molecule has 5 aromatic rings. The third-order valence-corrected chi connectivity index (χ3v) is 8.75. The van der Waals surface area contributed by atoms with Crippen molar-refractivity contribution in [2.45, 2.75) is 90.4 Å². The van der Waals surface area contributed by atoms with Crippen LogP contribution < -0.4 is 11.3 Å². The number of aliphatic hydroxyl groups is 1.